The zero-order valence-electron chi connectivity index (χ0n) is 13.5. The van der Waals surface area contributed by atoms with Crippen molar-refractivity contribution in [3.63, 3.8) is 0 Å². The van der Waals surface area contributed by atoms with Crippen LogP contribution in [0.5, 0.6) is 0 Å². The molecular formula is C17H27NO2S. The largest absolute Gasteiger partial charge is 0.388 e. The van der Waals surface area contributed by atoms with Crippen LogP contribution in [0.1, 0.15) is 39.2 Å². The van der Waals surface area contributed by atoms with E-state index in [-0.39, 0.29) is 5.91 Å². The number of thioether (sulfide) groups is 1. The van der Waals surface area contributed by atoms with Crippen LogP contribution in [0.25, 0.3) is 0 Å². The number of carbonyl (C=O) groups excluding carboxylic acids is 1. The second-order valence-electron chi connectivity index (χ2n) is 6.28. The summed E-state index contributed by atoms with van der Waals surface area (Å²) in [5.41, 5.74) is 0.415. The van der Waals surface area contributed by atoms with E-state index in [1.165, 1.54) is 10.5 Å². The number of aliphatic hydroxyl groups is 1. The van der Waals surface area contributed by atoms with E-state index in [9.17, 15) is 9.90 Å². The van der Waals surface area contributed by atoms with Crippen LogP contribution < -0.4 is 5.32 Å². The zero-order valence-corrected chi connectivity index (χ0v) is 14.3. The summed E-state index contributed by atoms with van der Waals surface area (Å²) in [7, 11) is 0. The summed E-state index contributed by atoms with van der Waals surface area (Å²) in [4.78, 5) is 13.0. The van der Waals surface area contributed by atoms with Crippen LogP contribution in [0.15, 0.2) is 29.2 Å². The van der Waals surface area contributed by atoms with Gasteiger partial charge < -0.3 is 10.4 Å². The summed E-state index contributed by atoms with van der Waals surface area (Å²) in [5.74, 6) is 1.16. The molecule has 1 rings (SSSR count). The number of nitrogens with one attached hydrogen (secondary N) is 1. The van der Waals surface area contributed by atoms with Crippen LogP contribution in [0.2, 0.25) is 0 Å². The average Bonchev–Trinajstić information content (AvgIpc) is 2.37. The molecule has 4 heteroatoms. The van der Waals surface area contributed by atoms with E-state index in [1.807, 2.05) is 0 Å². The SMILES string of the molecule is Cc1ccc(SCCC(=O)NCC(C)(O)CC(C)C)cc1. The van der Waals surface area contributed by atoms with Crippen LogP contribution in [0.4, 0.5) is 0 Å². The Hall–Kier alpha value is -1.00. The van der Waals surface area contributed by atoms with Crippen molar-refractivity contribution >= 4 is 17.7 Å². The molecule has 0 radical (unpaired) electrons. The quantitative estimate of drug-likeness (QED) is 0.724. The maximum absolute atomic E-state index is 11.8. The van der Waals surface area contributed by atoms with Crippen molar-refractivity contribution in [2.45, 2.75) is 51.0 Å². The normalized spacial score (nSPS) is 14.0. The van der Waals surface area contributed by atoms with E-state index >= 15 is 0 Å². The van der Waals surface area contributed by atoms with E-state index in [4.69, 9.17) is 0 Å². The fraction of sp³-hybridized carbons (Fsp3) is 0.588. The van der Waals surface area contributed by atoms with Crippen molar-refractivity contribution in [1.82, 2.24) is 5.32 Å². The fourth-order valence-corrected chi connectivity index (χ4v) is 3.08. The molecule has 3 nitrogen and oxygen atoms in total. The van der Waals surface area contributed by atoms with Gasteiger partial charge in [0.25, 0.3) is 0 Å². The Morgan fingerprint density at radius 2 is 1.95 bits per heavy atom. The second-order valence-corrected chi connectivity index (χ2v) is 7.45. The van der Waals surface area contributed by atoms with Gasteiger partial charge in [0.1, 0.15) is 0 Å². The van der Waals surface area contributed by atoms with E-state index in [0.717, 1.165) is 5.75 Å². The predicted octanol–water partition coefficient (Wildman–Crippen LogP) is 3.39. The van der Waals surface area contributed by atoms with Crippen LogP contribution in [0, 0.1) is 12.8 Å². The molecule has 0 saturated carbocycles. The third kappa shape index (κ3) is 8.12. The van der Waals surface area contributed by atoms with Crippen molar-refractivity contribution in [3.05, 3.63) is 29.8 Å². The molecular weight excluding hydrogens is 282 g/mol. The highest BCUT2D eigenvalue weighted by Gasteiger charge is 2.22. The zero-order chi connectivity index (χ0) is 15.9. The van der Waals surface area contributed by atoms with Crippen molar-refractivity contribution in [1.29, 1.82) is 0 Å². The Morgan fingerprint density at radius 1 is 1.33 bits per heavy atom. The van der Waals surface area contributed by atoms with Gasteiger partial charge in [0.15, 0.2) is 0 Å². The first-order chi connectivity index (χ1) is 9.78. The molecule has 1 unspecified atom stereocenters. The van der Waals surface area contributed by atoms with E-state index in [0.29, 0.717) is 25.3 Å². The third-order valence-electron chi connectivity index (χ3n) is 3.13. The summed E-state index contributed by atoms with van der Waals surface area (Å²) >= 11 is 1.68. The molecule has 0 aromatic heterocycles. The first-order valence-electron chi connectivity index (χ1n) is 7.47. The molecule has 0 spiro atoms. The van der Waals surface area contributed by atoms with Gasteiger partial charge in [0.2, 0.25) is 5.91 Å². The Kier molecular flexibility index (Phi) is 7.26. The van der Waals surface area contributed by atoms with E-state index < -0.39 is 5.60 Å². The van der Waals surface area contributed by atoms with Gasteiger partial charge in [-0.1, -0.05) is 31.5 Å². The molecule has 118 valence electrons. The number of carbonyl (C=O) groups is 1. The number of hydrogen-bond donors (Lipinski definition) is 2. The molecule has 2 N–H and O–H groups in total. The van der Waals surface area contributed by atoms with Crippen LogP contribution in [-0.2, 0) is 4.79 Å². The topological polar surface area (TPSA) is 49.3 Å². The lowest BCUT2D eigenvalue weighted by Crippen LogP contribution is -2.41. The smallest absolute Gasteiger partial charge is 0.220 e. The lowest BCUT2D eigenvalue weighted by Gasteiger charge is -2.25. The molecule has 0 fully saturated rings. The lowest BCUT2D eigenvalue weighted by atomic mass is 9.94. The first kappa shape index (κ1) is 18.1. The maximum atomic E-state index is 11.8. The molecule has 1 aromatic rings. The Labute approximate surface area is 132 Å². The summed E-state index contributed by atoms with van der Waals surface area (Å²) in [6.45, 7) is 8.28. The molecule has 0 aliphatic carbocycles. The molecule has 0 heterocycles. The minimum atomic E-state index is -0.825. The van der Waals surface area contributed by atoms with E-state index in [1.54, 1.807) is 18.7 Å². The Bertz CT molecular complexity index is 441. The van der Waals surface area contributed by atoms with E-state index in [2.05, 4.69) is 50.4 Å². The third-order valence-corrected chi connectivity index (χ3v) is 4.15. The standard InChI is InChI=1S/C17H27NO2S/c1-13(2)11-17(4,20)12-18-16(19)9-10-21-15-7-5-14(3)6-8-15/h5-8,13,20H,9-12H2,1-4H3,(H,18,19). The molecule has 0 aliphatic heterocycles. The number of rotatable bonds is 8. The molecule has 1 atom stereocenters. The van der Waals surface area contributed by atoms with Gasteiger partial charge in [0, 0.05) is 23.6 Å². The van der Waals surface area contributed by atoms with Gasteiger partial charge in [-0.3, -0.25) is 4.79 Å². The van der Waals surface area contributed by atoms with Crippen molar-refractivity contribution in [2.75, 3.05) is 12.3 Å². The van der Waals surface area contributed by atoms with Gasteiger partial charge >= 0.3 is 0 Å². The highest BCUT2D eigenvalue weighted by atomic mass is 32.2. The Morgan fingerprint density at radius 3 is 2.52 bits per heavy atom. The molecule has 0 aliphatic rings. The van der Waals surface area contributed by atoms with Crippen LogP contribution >= 0.6 is 11.8 Å². The molecule has 0 saturated heterocycles. The molecule has 21 heavy (non-hydrogen) atoms. The Balaban J connectivity index is 2.23. The monoisotopic (exact) mass is 309 g/mol. The summed E-state index contributed by atoms with van der Waals surface area (Å²) in [5, 5.41) is 13.0. The number of hydrogen-bond acceptors (Lipinski definition) is 3. The van der Waals surface area contributed by atoms with Crippen LogP contribution in [0.3, 0.4) is 0 Å². The first-order valence-corrected chi connectivity index (χ1v) is 8.45. The highest BCUT2D eigenvalue weighted by molar-refractivity contribution is 7.99. The molecule has 0 bridgehead atoms. The summed E-state index contributed by atoms with van der Waals surface area (Å²) < 4.78 is 0. The predicted molar refractivity (Wildman–Crippen MR) is 89.6 cm³/mol. The minimum absolute atomic E-state index is 0.00126. The van der Waals surface area contributed by atoms with Gasteiger partial charge in [-0.2, -0.15) is 0 Å². The summed E-state index contributed by atoms with van der Waals surface area (Å²) in [6, 6.07) is 8.30. The van der Waals surface area contributed by atoms with Crippen molar-refractivity contribution < 1.29 is 9.90 Å². The number of aryl methyl sites for hydroxylation is 1. The van der Waals surface area contributed by atoms with Gasteiger partial charge in [-0.25, -0.2) is 0 Å². The van der Waals surface area contributed by atoms with Crippen molar-refractivity contribution in [3.8, 4) is 0 Å². The summed E-state index contributed by atoms with van der Waals surface area (Å²) in [6.07, 6.45) is 1.15. The van der Waals surface area contributed by atoms with Gasteiger partial charge in [0.05, 0.1) is 5.60 Å². The van der Waals surface area contributed by atoms with Crippen LogP contribution in [-0.4, -0.2) is 28.9 Å². The van der Waals surface area contributed by atoms with Gasteiger partial charge in [-0.05, 0) is 38.3 Å². The highest BCUT2D eigenvalue weighted by Crippen LogP contribution is 2.19. The fourth-order valence-electron chi connectivity index (χ4n) is 2.23. The molecule has 1 amide bonds. The second kappa shape index (κ2) is 8.44. The number of amides is 1. The maximum Gasteiger partial charge on any atom is 0.220 e. The lowest BCUT2D eigenvalue weighted by molar-refractivity contribution is -0.121. The molecule has 1 aromatic carbocycles. The van der Waals surface area contributed by atoms with Gasteiger partial charge in [-0.15, -0.1) is 11.8 Å². The minimum Gasteiger partial charge on any atom is -0.388 e. The van der Waals surface area contributed by atoms with Crippen molar-refractivity contribution in [2.24, 2.45) is 5.92 Å². The number of benzene rings is 1. The average molecular weight is 309 g/mol.